The van der Waals surface area contributed by atoms with Gasteiger partial charge in [0.05, 0.1) is 0 Å². The number of benzene rings is 1. The van der Waals surface area contributed by atoms with Crippen LogP contribution in [0.1, 0.15) is 51.5 Å². The fourth-order valence-electron chi connectivity index (χ4n) is 3.57. The number of Topliss-reactive ketones (excluding diaryl/α,β-unsaturated/α-hetero) is 1. The van der Waals surface area contributed by atoms with Gasteiger partial charge in [0.1, 0.15) is 11.5 Å². The van der Waals surface area contributed by atoms with Crippen molar-refractivity contribution in [2.75, 3.05) is 0 Å². The van der Waals surface area contributed by atoms with E-state index in [1.165, 1.54) is 0 Å². The maximum atomic E-state index is 12.6. The first kappa shape index (κ1) is 15.1. The zero-order chi connectivity index (χ0) is 16.1. The molecule has 1 aromatic rings. The van der Waals surface area contributed by atoms with Gasteiger partial charge in [-0.15, -0.1) is 0 Å². The van der Waals surface area contributed by atoms with Gasteiger partial charge in [-0.3, -0.25) is 4.79 Å². The van der Waals surface area contributed by atoms with Gasteiger partial charge in [-0.25, -0.2) is 0 Å². The Kier molecular flexibility index (Phi) is 3.33. The predicted octanol–water partition coefficient (Wildman–Crippen LogP) is 3.25. The molecule has 118 valence electrons. The third kappa shape index (κ3) is 2.75. The van der Waals surface area contributed by atoms with E-state index in [1.807, 2.05) is 19.9 Å². The summed E-state index contributed by atoms with van der Waals surface area (Å²) in [4.78, 5) is 12.6. The second kappa shape index (κ2) is 4.85. The smallest absolute Gasteiger partial charge is 0.205 e. The molecule has 1 unspecified atom stereocenters. The van der Waals surface area contributed by atoms with E-state index in [1.54, 1.807) is 25.1 Å². The molecule has 0 saturated heterocycles. The van der Waals surface area contributed by atoms with E-state index in [4.69, 9.17) is 4.74 Å². The number of aliphatic hydroxyl groups is 1. The van der Waals surface area contributed by atoms with Crippen molar-refractivity contribution < 1.29 is 19.7 Å². The van der Waals surface area contributed by atoms with Crippen molar-refractivity contribution in [3.8, 4) is 5.75 Å². The third-order valence-electron chi connectivity index (χ3n) is 4.43. The number of ether oxygens (including phenoxy) is 1. The Balaban J connectivity index is 2.10. The molecule has 2 atom stereocenters. The largest absolute Gasteiger partial charge is 0.508 e. The number of hydrogen-bond acceptors (Lipinski definition) is 4. The standard InChI is InChI=1S/C18H22O4/c1-17(2)9-14(20)16-13(11-5-4-6-12(19)7-11)8-18(3,21)22-15(16)10-17/h4-7,13,19,21H,8-10H2,1-3H3/t13-,18?/m1/s1. The molecule has 0 spiro atoms. The molecule has 1 heterocycles. The van der Waals surface area contributed by atoms with Crippen LogP contribution in [0.25, 0.3) is 0 Å². The van der Waals surface area contributed by atoms with Crippen LogP contribution < -0.4 is 0 Å². The molecule has 0 fully saturated rings. The molecule has 2 aliphatic rings. The van der Waals surface area contributed by atoms with Crippen LogP contribution in [0.3, 0.4) is 0 Å². The summed E-state index contributed by atoms with van der Waals surface area (Å²) >= 11 is 0. The van der Waals surface area contributed by atoms with Gasteiger partial charge in [-0.05, 0) is 23.1 Å². The van der Waals surface area contributed by atoms with E-state index in [-0.39, 0.29) is 22.9 Å². The number of hydrogen-bond donors (Lipinski definition) is 2. The average Bonchev–Trinajstić information content (AvgIpc) is 2.34. The summed E-state index contributed by atoms with van der Waals surface area (Å²) < 4.78 is 5.72. The van der Waals surface area contributed by atoms with Crippen molar-refractivity contribution in [3.05, 3.63) is 41.2 Å². The van der Waals surface area contributed by atoms with E-state index < -0.39 is 5.79 Å². The number of carbonyl (C=O) groups excluding carboxylic acids is 1. The fourth-order valence-corrected chi connectivity index (χ4v) is 3.57. The van der Waals surface area contributed by atoms with Gasteiger partial charge >= 0.3 is 0 Å². The van der Waals surface area contributed by atoms with Gasteiger partial charge in [0, 0.05) is 37.7 Å². The molecular weight excluding hydrogens is 280 g/mol. The maximum Gasteiger partial charge on any atom is 0.205 e. The lowest BCUT2D eigenvalue weighted by molar-refractivity contribution is -0.184. The van der Waals surface area contributed by atoms with Gasteiger partial charge in [0.15, 0.2) is 5.78 Å². The van der Waals surface area contributed by atoms with Crippen LogP contribution in [0, 0.1) is 5.41 Å². The van der Waals surface area contributed by atoms with Gasteiger partial charge in [-0.2, -0.15) is 0 Å². The lowest BCUT2D eigenvalue weighted by atomic mass is 9.70. The minimum Gasteiger partial charge on any atom is -0.508 e. The van der Waals surface area contributed by atoms with Crippen molar-refractivity contribution in [2.45, 2.75) is 51.7 Å². The number of phenols is 1. The first-order chi connectivity index (χ1) is 10.2. The van der Waals surface area contributed by atoms with E-state index in [2.05, 4.69) is 0 Å². The molecule has 0 saturated carbocycles. The highest BCUT2D eigenvalue weighted by atomic mass is 16.6. The molecule has 4 heteroatoms. The maximum absolute atomic E-state index is 12.6. The van der Waals surface area contributed by atoms with Gasteiger partial charge in [0.25, 0.3) is 0 Å². The predicted molar refractivity (Wildman–Crippen MR) is 82.2 cm³/mol. The minimum absolute atomic E-state index is 0.0788. The lowest BCUT2D eigenvalue weighted by Crippen LogP contribution is -2.41. The van der Waals surface area contributed by atoms with Crippen LogP contribution in [0.5, 0.6) is 5.75 Å². The zero-order valence-electron chi connectivity index (χ0n) is 13.2. The Morgan fingerprint density at radius 1 is 1.23 bits per heavy atom. The molecule has 0 amide bonds. The van der Waals surface area contributed by atoms with Crippen LogP contribution in [0.2, 0.25) is 0 Å². The molecule has 0 aromatic heterocycles. The molecule has 2 N–H and O–H groups in total. The number of phenolic OH excluding ortho intramolecular Hbond substituents is 1. The first-order valence-corrected chi connectivity index (χ1v) is 7.63. The van der Waals surface area contributed by atoms with Crippen molar-refractivity contribution >= 4 is 5.78 Å². The Morgan fingerprint density at radius 3 is 2.64 bits per heavy atom. The monoisotopic (exact) mass is 302 g/mol. The summed E-state index contributed by atoms with van der Waals surface area (Å²) in [5.74, 6) is -0.701. The second-order valence-corrected chi connectivity index (χ2v) is 7.41. The molecule has 0 bridgehead atoms. The van der Waals surface area contributed by atoms with E-state index in [0.29, 0.717) is 30.6 Å². The van der Waals surface area contributed by atoms with Crippen LogP contribution in [-0.4, -0.2) is 21.8 Å². The highest BCUT2D eigenvalue weighted by molar-refractivity contribution is 5.98. The Hall–Kier alpha value is -1.81. The topological polar surface area (TPSA) is 66.8 Å². The SMILES string of the molecule is CC1(C)CC(=O)C2=C(C1)OC(C)(O)C[C@@H]2c1cccc(O)c1. The third-order valence-corrected chi connectivity index (χ3v) is 4.43. The van der Waals surface area contributed by atoms with Crippen molar-refractivity contribution in [1.82, 2.24) is 0 Å². The van der Waals surface area contributed by atoms with Crippen molar-refractivity contribution in [3.63, 3.8) is 0 Å². The van der Waals surface area contributed by atoms with Gasteiger partial charge in [0.2, 0.25) is 5.79 Å². The lowest BCUT2D eigenvalue weighted by Gasteiger charge is -2.43. The molecule has 0 radical (unpaired) electrons. The summed E-state index contributed by atoms with van der Waals surface area (Å²) in [6, 6.07) is 6.89. The molecule has 4 nitrogen and oxygen atoms in total. The van der Waals surface area contributed by atoms with E-state index >= 15 is 0 Å². The Bertz CT molecular complexity index is 651. The first-order valence-electron chi connectivity index (χ1n) is 7.63. The van der Waals surface area contributed by atoms with Gasteiger partial charge in [-0.1, -0.05) is 26.0 Å². The van der Waals surface area contributed by atoms with E-state index in [9.17, 15) is 15.0 Å². The second-order valence-electron chi connectivity index (χ2n) is 7.41. The zero-order valence-corrected chi connectivity index (χ0v) is 13.2. The highest BCUT2D eigenvalue weighted by Crippen LogP contribution is 2.49. The molecule has 3 rings (SSSR count). The Morgan fingerprint density at radius 2 is 1.95 bits per heavy atom. The molecule has 22 heavy (non-hydrogen) atoms. The summed E-state index contributed by atoms with van der Waals surface area (Å²) in [6.45, 7) is 5.69. The molecular formula is C18H22O4. The Labute approximate surface area is 130 Å². The number of aromatic hydroxyl groups is 1. The van der Waals surface area contributed by atoms with Crippen molar-refractivity contribution in [1.29, 1.82) is 0 Å². The van der Waals surface area contributed by atoms with Crippen LogP contribution in [-0.2, 0) is 9.53 Å². The van der Waals surface area contributed by atoms with Crippen LogP contribution in [0.15, 0.2) is 35.6 Å². The van der Waals surface area contributed by atoms with Crippen molar-refractivity contribution in [2.24, 2.45) is 5.41 Å². The quantitative estimate of drug-likeness (QED) is 0.835. The fraction of sp³-hybridized carbons (Fsp3) is 0.500. The number of carbonyl (C=O) groups is 1. The van der Waals surface area contributed by atoms with Gasteiger partial charge < -0.3 is 14.9 Å². The number of ketones is 1. The summed E-state index contributed by atoms with van der Waals surface area (Å²) in [6.07, 6.45) is 1.42. The molecule has 1 aromatic carbocycles. The minimum atomic E-state index is -1.30. The van der Waals surface area contributed by atoms with Crippen LogP contribution >= 0.6 is 0 Å². The summed E-state index contributed by atoms with van der Waals surface area (Å²) in [5.41, 5.74) is 1.34. The van der Waals surface area contributed by atoms with Crippen LogP contribution in [0.4, 0.5) is 0 Å². The number of rotatable bonds is 1. The highest BCUT2D eigenvalue weighted by Gasteiger charge is 2.45. The summed E-state index contributed by atoms with van der Waals surface area (Å²) in [7, 11) is 0. The number of allylic oxidation sites excluding steroid dienone is 2. The average molecular weight is 302 g/mol. The normalized spacial score (nSPS) is 30.7. The summed E-state index contributed by atoms with van der Waals surface area (Å²) in [5, 5.41) is 20.2. The van der Waals surface area contributed by atoms with E-state index in [0.717, 1.165) is 5.56 Å². The molecule has 1 aliphatic carbocycles. The molecule has 1 aliphatic heterocycles.